The number of hydrogen-bond acceptors (Lipinski definition) is 6. The smallest absolute Gasteiger partial charge is 0.308 e. The van der Waals surface area contributed by atoms with E-state index in [-0.39, 0.29) is 5.97 Å². The number of benzene rings is 1. The molecule has 1 aromatic carbocycles. The maximum Gasteiger partial charge on any atom is 0.308 e. The van der Waals surface area contributed by atoms with Crippen molar-refractivity contribution in [2.75, 3.05) is 57.9 Å². The molecule has 6 nitrogen and oxygen atoms in total. The topological polar surface area (TPSA) is 51.2 Å². The van der Waals surface area contributed by atoms with Gasteiger partial charge in [-0.25, -0.2) is 0 Å². The highest BCUT2D eigenvalue weighted by atomic mass is 16.6. The van der Waals surface area contributed by atoms with E-state index in [4.69, 9.17) is 14.2 Å². The first-order valence-electron chi connectivity index (χ1n) is 9.28. The molecular weight excluding hydrogens is 332 g/mol. The second-order valence-electron chi connectivity index (χ2n) is 7.48. The van der Waals surface area contributed by atoms with Gasteiger partial charge in [0.15, 0.2) is 0 Å². The van der Waals surface area contributed by atoms with E-state index in [1.54, 1.807) is 7.11 Å². The molecule has 0 unspecified atom stereocenters. The first-order chi connectivity index (χ1) is 12.4. The number of anilines is 1. The third-order valence-corrected chi connectivity index (χ3v) is 4.21. The van der Waals surface area contributed by atoms with Crippen LogP contribution in [0.2, 0.25) is 0 Å². The number of hydrogen-bond donors (Lipinski definition) is 0. The Hall–Kier alpha value is -1.79. The summed E-state index contributed by atoms with van der Waals surface area (Å²) in [5.41, 5.74) is 0.775. The Bertz CT molecular complexity index is 563. The van der Waals surface area contributed by atoms with E-state index in [0.29, 0.717) is 19.6 Å². The number of esters is 1. The summed E-state index contributed by atoms with van der Waals surface area (Å²) in [5.74, 6) is 0.688. The molecule has 0 radical (unpaired) electrons. The molecule has 0 aliphatic carbocycles. The molecular formula is C20H32N2O4. The van der Waals surface area contributed by atoms with Crippen LogP contribution in [-0.4, -0.2) is 69.5 Å². The van der Waals surface area contributed by atoms with Crippen molar-refractivity contribution in [2.24, 2.45) is 0 Å². The number of nitrogens with zero attached hydrogens (tertiary/aromatic N) is 2. The Morgan fingerprint density at radius 2 is 1.85 bits per heavy atom. The molecule has 1 fully saturated rings. The van der Waals surface area contributed by atoms with Crippen LogP contribution >= 0.6 is 0 Å². The molecule has 1 saturated heterocycles. The summed E-state index contributed by atoms with van der Waals surface area (Å²) in [4.78, 5) is 16.4. The van der Waals surface area contributed by atoms with Crippen molar-refractivity contribution < 1.29 is 19.0 Å². The lowest BCUT2D eigenvalue weighted by atomic mass is 10.2. The van der Waals surface area contributed by atoms with Crippen LogP contribution in [0.4, 0.5) is 5.69 Å². The van der Waals surface area contributed by atoms with Crippen molar-refractivity contribution in [3.63, 3.8) is 0 Å². The van der Waals surface area contributed by atoms with E-state index in [1.165, 1.54) is 5.69 Å². The van der Waals surface area contributed by atoms with Gasteiger partial charge in [-0.1, -0.05) is 6.07 Å². The van der Waals surface area contributed by atoms with Crippen molar-refractivity contribution in [1.82, 2.24) is 4.90 Å². The maximum atomic E-state index is 11.6. The highest BCUT2D eigenvalue weighted by Gasteiger charge is 2.18. The van der Waals surface area contributed by atoms with Crippen LogP contribution < -0.4 is 9.64 Å². The molecule has 26 heavy (non-hydrogen) atoms. The molecule has 0 spiro atoms. The van der Waals surface area contributed by atoms with Gasteiger partial charge >= 0.3 is 5.97 Å². The largest absolute Gasteiger partial charge is 0.497 e. The van der Waals surface area contributed by atoms with Crippen LogP contribution in [0, 0.1) is 0 Å². The normalized spacial score (nSPS) is 15.8. The third kappa shape index (κ3) is 7.22. The molecule has 1 heterocycles. The number of carbonyl (C=O) groups is 1. The number of rotatable bonds is 8. The van der Waals surface area contributed by atoms with Crippen molar-refractivity contribution in [1.29, 1.82) is 0 Å². The number of carbonyl (C=O) groups excluding carboxylic acids is 1. The molecule has 0 saturated carbocycles. The molecule has 146 valence electrons. The second-order valence-corrected chi connectivity index (χ2v) is 7.48. The molecule has 0 atom stereocenters. The molecule has 1 aliphatic heterocycles. The fraction of sp³-hybridized carbons (Fsp3) is 0.650. The van der Waals surface area contributed by atoms with Gasteiger partial charge in [0.05, 0.1) is 26.7 Å². The average molecular weight is 364 g/mol. The van der Waals surface area contributed by atoms with Gasteiger partial charge in [0.1, 0.15) is 11.4 Å². The molecule has 0 amide bonds. The van der Waals surface area contributed by atoms with Crippen molar-refractivity contribution in [2.45, 2.75) is 32.8 Å². The van der Waals surface area contributed by atoms with Gasteiger partial charge in [-0.15, -0.1) is 0 Å². The van der Waals surface area contributed by atoms with Crippen molar-refractivity contribution in [3.05, 3.63) is 24.3 Å². The van der Waals surface area contributed by atoms with E-state index in [9.17, 15) is 4.79 Å². The van der Waals surface area contributed by atoms with Crippen molar-refractivity contribution in [3.8, 4) is 5.75 Å². The minimum absolute atomic E-state index is 0.204. The number of piperazine rings is 1. The average Bonchev–Trinajstić information content (AvgIpc) is 2.60. The molecule has 0 bridgehead atoms. The molecule has 0 aromatic heterocycles. The molecule has 2 rings (SSSR count). The third-order valence-electron chi connectivity index (χ3n) is 4.21. The van der Waals surface area contributed by atoms with Gasteiger partial charge in [0, 0.05) is 44.5 Å². The highest BCUT2D eigenvalue weighted by molar-refractivity contribution is 5.69. The van der Waals surface area contributed by atoms with Gasteiger partial charge in [-0.05, 0) is 32.9 Å². The predicted octanol–water partition coefficient (Wildman–Crippen LogP) is 2.57. The zero-order valence-corrected chi connectivity index (χ0v) is 16.5. The number of methoxy groups -OCH3 is 1. The summed E-state index contributed by atoms with van der Waals surface area (Å²) in [6.45, 7) is 11.6. The maximum absolute atomic E-state index is 11.6. The second kappa shape index (κ2) is 9.78. The molecule has 1 aliphatic rings. The zero-order chi connectivity index (χ0) is 19.0. The molecule has 6 heteroatoms. The van der Waals surface area contributed by atoms with E-state index < -0.39 is 5.60 Å². The lowest BCUT2D eigenvalue weighted by molar-refractivity contribution is -0.156. The minimum atomic E-state index is -0.431. The Morgan fingerprint density at radius 3 is 2.50 bits per heavy atom. The molecule has 1 aromatic rings. The van der Waals surface area contributed by atoms with Gasteiger partial charge in [-0.2, -0.15) is 0 Å². The van der Waals surface area contributed by atoms with E-state index in [0.717, 1.165) is 38.5 Å². The highest BCUT2D eigenvalue weighted by Crippen LogP contribution is 2.22. The van der Waals surface area contributed by atoms with E-state index in [1.807, 2.05) is 32.9 Å². The summed E-state index contributed by atoms with van der Waals surface area (Å²) in [6, 6.07) is 8.20. The summed E-state index contributed by atoms with van der Waals surface area (Å²) in [6.07, 6.45) is 0.306. The van der Waals surface area contributed by atoms with E-state index >= 15 is 0 Å². The van der Waals surface area contributed by atoms with Crippen LogP contribution in [0.25, 0.3) is 0 Å². The van der Waals surface area contributed by atoms with Gasteiger partial charge in [0.25, 0.3) is 0 Å². The first-order valence-corrected chi connectivity index (χ1v) is 9.28. The predicted molar refractivity (Wildman–Crippen MR) is 103 cm³/mol. The Balaban J connectivity index is 1.60. The quantitative estimate of drug-likeness (QED) is 0.522. The Kier molecular flexibility index (Phi) is 7.72. The van der Waals surface area contributed by atoms with Gasteiger partial charge in [0.2, 0.25) is 0 Å². The Morgan fingerprint density at radius 1 is 1.12 bits per heavy atom. The van der Waals surface area contributed by atoms with Crippen LogP contribution in [-0.2, 0) is 14.3 Å². The summed E-state index contributed by atoms with van der Waals surface area (Å²) in [5, 5.41) is 0. The SMILES string of the molecule is COc1cccc(N2CCN(CCOCCC(=O)OC(C)(C)C)CC2)c1. The summed E-state index contributed by atoms with van der Waals surface area (Å²) in [7, 11) is 1.69. The number of ether oxygens (including phenoxy) is 3. The van der Waals surface area contributed by atoms with Crippen molar-refractivity contribution >= 4 is 11.7 Å². The van der Waals surface area contributed by atoms with Gasteiger partial charge in [-0.3, -0.25) is 9.69 Å². The summed E-state index contributed by atoms with van der Waals surface area (Å²) < 4.78 is 16.2. The standard InChI is InChI=1S/C20H32N2O4/c1-20(2,3)26-19(23)8-14-25-15-13-21-9-11-22(12-10-21)17-6-5-7-18(16-17)24-4/h5-7,16H,8-15H2,1-4H3. The summed E-state index contributed by atoms with van der Waals surface area (Å²) >= 11 is 0. The lowest BCUT2D eigenvalue weighted by Gasteiger charge is -2.36. The Labute approximate surface area is 157 Å². The van der Waals surface area contributed by atoms with Crippen LogP contribution in [0.15, 0.2) is 24.3 Å². The van der Waals surface area contributed by atoms with E-state index in [2.05, 4.69) is 21.9 Å². The van der Waals surface area contributed by atoms with Crippen LogP contribution in [0.1, 0.15) is 27.2 Å². The lowest BCUT2D eigenvalue weighted by Crippen LogP contribution is -2.47. The molecule has 0 N–H and O–H groups in total. The zero-order valence-electron chi connectivity index (χ0n) is 16.5. The van der Waals surface area contributed by atoms with Gasteiger partial charge < -0.3 is 19.1 Å². The monoisotopic (exact) mass is 364 g/mol. The van der Waals surface area contributed by atoms with Crippen LogP contribution in [0.5, 0.6) is 5.75 Å². The first kappa shape index (κ1) is 20.5. The fourth-order valence-electron chi connectivity index (χ4n) is 2.88. The minimum Gasteiger partial charge on any atom is -0.497 e. The fourth-order valence-corrected chi connectivity index (χ4v) is 2.88. The van der Waals surface area contributed by atoms with Crippen LogP contribution in [0.3, 0.4) is 0 Å².